The molecule has 2 heterocycles. The molecule has 35 heavy (non-hydrogen) atoms. The van der Waals surface area contributed by atoms with Crippen molar-refractivity contribution in [2.24, 2.45) is 5.92 Å². The second-order valence-corrected chi connectivity index (χ2v) is 8.64. The maximum Gasteiger partial charge on any atom is 0.408 e. The average Bonchev–Trinajstić information content (AvgIpc) is 3.29. The molecule has 2 aromatic carbocycles. The molecule has 2 saturated heterocycles. The van der Waals surface area contributed by atoms with Crippen LogP contribution in [0.25, 0.3) is 0 Å². The predicted octanol–water partition coefficient (Wildman–Crippen LogP) is 2.58. The zero-order valence-corrected chi connectivity index (χ0v) is 19.4. The highest BCUT2D eigenvalue weighted by Gasteiger charge is 2.54. The van der Waals surface area contributed by atoms with E-state index in [2.05, 4.69) is 5.32 Å². The van der Waals surface area contributed by atoms with Crippen molar-refractivity contribution in [2.75, 3.05) is 7.11 Å². The normalized spacial score (nSPS) is 23.2. The largest absolute Gasteiger partial charge is 0.469 e. The number of alkyl carbamates (subject to hydrolysis) is 1. The van der Waals surface area contributed by atoms with Crippen molar-refractivity contribution in [3.8, 4) is 0 Å². The molecular weight excluding hydrogens is 452 g/mol. The predicted molar refractivity (Wildman–Crippen MR) is 124 cm³/mol. The highest BCUT2D eigenvalue weighted by Crippen LogP contribution is 2.38. The maximum atomic E-state index is 13.4. The highest BCUT2D eigenvalue weighted by atomic mass is 16.6. The molecule has 9 nitrogen and oxygen atoms in total. The Bertz CT molecular complexity index is 1060. The number of carbonyl (C=O) groups excluding carboxylic acids is 4. The quantitative estimate of drug-likeness (QED) is 0.479. The van der Waals surface area contributed by atoms with E-state index in [0.717, 1.165) is 11.1 Å². The summed E-state index contributed by atoms with van der Waals surface area (Å²) in [5.41, 5.74) is 1.61. The summed E-state index contributed by atoms with van der Waals surface area (Å²) in [4.78, 5) is 52.7. The van der Waals surface area contributed by atoms with Gasteiger partial charge in [-0.1, -0.05) is 60.7 Å². The Kier molecular flexibility index (Phi) is 7.64. The van der Waals surface area contributed by atoms with E-state index in [0.29, 0.717) is 19.3 Å². The molecule has 184 valence electrons. The standard InChI is InChI=1S/C26H28N2O7/c1-33-24(30)20-14-19-12-13-21(27-26(32)35-16-18-10-6-3-7-11-18)23(29)28(19)22(20)25(31)34-15-17-8-4-2-5-9-17/h2-11,19-22H,12-16H2,1H3,(H,27,32)/t19-,20-,21-,22-/m0/s1. The number of esters is 2. The summed E-state index contributed by atoms with van der Waals surface area (Å²) >= 11 is 0. The number of nitrogens with one attached hydrogen (secondary N) is 1. The van der Waals surface area contributed by atoms with Crippen molar-refractivity contribution in [1.29, 1.82) is 0 Å². The fourth-order valence-corrected chi connectivity index (χ4v) is 4.70. The molecular formula is C26H28N2O7. The van der Waals surface area contributed by atoms with E-state index < -0.39 is 41.9 Å². The number of fused-ring (bicyclic) bond motifs is 1. The summed E-state index contributed by atoms with van der Waals surface area (Å²) in [5, 5.41) is 2.61. The molecule has 0 saturated carbocycles. The van der Waals surface area contributed by atoms with Crippen molar-refractivity contribution < 1.29 is 33.4 Å². The van der Waals surface area contributed by atoms with Crippen LogP contribution in [0.5, 0.6) is 0 Å². The van der Waals surface area contributed by atoms with Crippen LogP contribution < -0.4 is 5.32 Å². The Morgan fingerprint density at radius 3 is 2.09 bits per heavy atom. The molecule has 2 aliphatic heterocycles. The number of piperidine rings is 1. The van der Waals surface area contributed by atoms with Gasteiger partial charge in [0.15, 0.2) is 0 Å². The fourth-order valence-electron chi connectivity index (χ4n) is 4.70. The highest BCUT2D eigenvalue weighted by molar-refractivity contribution is 5.94. The summed E-state index contributed by atoms with van der Waals surface area (Å²) < 4.78 is 15.6. The number of nitrogens with zero attached hydrogens (tertiary/aromatic N) is 1. The molecule has 9 heteroatoms. The van der Waals surface area contributed by atoms with Crippen LogP contribution in [-0.4, -0.2) is 54.1 Å². The average molecular weight is 481 g/mol. The summed E-state index contributed by atoms with van der Waals surface area (Å²) in [6.45, 7) is 0.0863. The molecule has 2 aromatic rings. The summed E-state index contributed by atoms with van der Waals surface area (Å²) in [5.74, 6) is -2.51. The van der Waals surface area contributed by atoms with Gasteiger partial charge in [-0.3, -0.25) is 9.59 Å². The monoisotopic (exact) mass is 480 g/mol. The molecule has 4 rings (SSSR count). The number of hydrogen-bond acceptors (Lipinski definition) is 7. The lowest BCUT2D eigenvalue weighted by Gasteiger charge is -2.37. The van der Waals surface area contributed by atoms with Gasteiger partial charge >= 0.3 is 18.0 Å². The van der Waals surface area contributed by atoms with E-state index in [4.69, 9.17) is 14.2 Å². The lowest BCUT2D eigenvalue weighted by Crippen LogP contribution is -2.58. The van der Waals surface area contributed by atoms with Crippen LogP contribution in [0.15, 0.2) is 60.7 Å². The number of carbonyl (C=O) groups is 4. The molecule has 2 aliphatic rings. The van der Waals surface area contributed by atoms with Crippen molar-refractivity contribution in [1.82, 2.24) is 10.2 Å². The first-order valence-corrected chi connectivity index (χ1v) is 11.6. The van der Waals surface area contributed by atoms with E-state index in [1.54, 1.807) is 0 Å². The Labute approximate surface area is 203 Å². The van der Waals surface area contributed by atoms with Crippen molar-refractivity contribution in [3.63, 3.8) is 0 Å². The first-order chi connectivity index (χ1) is 17.0. The first-order valence-electron chi connectivity index (χ1n) is 11.6. The lowest BCUT2D eigenvalue weighted by molar-refractivity contribution is -0.163. The zero-order chi connectivity index (χ0) is 24.8. The minimum absolute atomic E-state index is 0.0181. The minimum atomic E-state index is -1.12. The van der Waals surface area contributed by atoms with E-state index in [-0.39, 0.29) is 19.3 Å². The number of ether oxygens (including phenoxy) is 3. The van der Waals surface area contributed by atoms with Crippen LogP contribution in [0.3, 0.4) is 0 Å². The Hall–Kier alpha value is -3.88. The molecule has 0 radical (unpaired) electrons. The number of methoxy groups -OCH3 is 1. The van der Waals surface area contributed by atoms with Gasteiger partial charge in [-0.15, -0.1) is 0 Å². The molecule has 2 fully saturated rings. The van der Waals surface area contributed by atoms with Gasteiger partial charge in [0.2, 0.25) is 5.91 Å². The van der Waals surface area contributed by atoms with Gasteiger partial charge in [0, 0.05) is 6.04 Å². The third-order valence-corrected chi connectivity index (χ3v) is 6.42. The summed E-state index contributed by atoms with van der Waals surface area (Å²) in [6, 6.07) is 16.0. The van der Waals surface area contributed by atoms with E-state index >= 15 is 0 Å². The number of hydrogen-bond donors (Lipinski definition) is 1. The van der Waals surface area contributed by atoms with Crippen molar-refractivity contribution >= 4 is 23.9 Å². The number of rotatable bonds is 7. The number of amides is 2. The van der Waals surface area contributed by atoms with Crippen LogP contribution in [0.1, 0.15) is 30.4 Å². The third-order valence-electron chi connectivity index (χ3n) is 6.42. The fraction of sp³-hybridized carbons (Fsp3) is 0.385. The Morgan fingerprint density at radius 2 is 1.49 bits per heavy atom. The van der Waals surface area contributed by atoms with Crippen LogP contribution in [-0.2, 0) is 41.8 Å². The SMILES string of the molecule is COC(=O)[C@H]1C[C@@H]2CC[C@H](NC(=O)OCc3ccccc3)C(=O)N2[C@@H]1C(=O)OCc1ccccc1. The second kappa shape index (κ2) is 11.0. The van der Waals surface area contributed by atoms with Gasteiger partial charge < -0.3 is 24.4 Å². The molecule has 4 atom stereocenters. The van der Waals surface area contributed by atoms with Gasteiger partial charge in [-0.05, 0) is 30.4 Å². The van der Waals surface area contributed by atoms with Gasteiger partial charge in [0.1, 0.15) is 25.3 Å². The van der Waals surface area contributed by atoms with E-state index in [1.165, 1.54) is 12.0 Å². The van der Waals surface area contributed by atoms with Crippen LogP contribution >= 0.6 is 0 Å². The molecule has 2 amide bonds. The van der Waals surface area contributed by atoms with E-state index in [1.807, 2.05) is 60.7 Å². The maximum absolute atomic E-state index is 13.4. The van der Waals surface area contributed by atoms with Gasteiger partial charge in [0.05, 0.1) is 13.0 Å². The topological polar surface area (TPSA) is 111 Å². The van der Waals surface area contributed by atoms with Gasteiger partial charge in [0.25, 0.3) is 0 Å². The Morgan fingerprint density at radius 1 is 0.886 bits per heavy atom. The molecule has 0 spiro atoms. The number of benzene rings is 2. The summed E-state index contributed by atoms with van der Waals surface area (Å²) in [6.07, 6.45) is 0.470. The third kappa shape index (κ3) is 5.62. The summed E-state index contributed by atoms with van der Waals surface area (Å²) in [7, 11) is 1.25. The molecule has 0 aliphatic carbocycles. The zero-order valence-electron chi connectivity index (χ0n) is 19.4. The van der Waals surface area contributed by atoms with Crippen LogP contribution in [0.2, 0.25) is 0 Å². The smallest absolute Gasteiger partial charge is 0.408 e. The molecule has 1 N–H and O–H groups in total. The molecule has 0 aromatic heterocycles. The van der Waals surface area contributed by atoms with Crippen LogP contribution in [0, 0.1) is 5.92 Å². The van der Waals surface area contributed by atoms with Gasteiger partial charge in [-0.25, -0.2) is 9.59 Å². The minimum Gasteiger partial charge on any atom is -0.469 e. The second-order valence-electron chi connectivity index (χ2n) is 8.64. The van der Waals surface area contributed by atoms with E-state index in [9.17, 15) is 19.2 Å². The van der Waals surface area contributed by atoms with Crippen molar-refractivity contribution in [3.05, 3.63) is 71.8 Å². The lowest BCUT2D eigenvalue weighted by atomic mass is 9.96. The molecule has 0 unspecified atom stereocenters. The Balaban J connectivity index is 1.43. The first kappa shape index (κ1) is 24.3. The molecule has 0 bridgehead atoms. The van der Waals surface area contributed by atoms with Crippen molar-refractivity contribution in [2.45, 2.75) is 50.6 Å². The van der Waals surface area contributed by atoms with Crippen LogP contribution in [0.4, 0.5) is 4.79 Å². The van der Waals surface area contributed by atoms with Gasteiger partial charge in [-0.2, -0.15) is 0 Å².